The summed E-state index contributed by atoms with van der Waals surface area (Å²) in [7, 11) is -2.33. The van der Waals surface area contributed by atoms with Crippen molar-refractivity contribution in [2.75, 3.05) is 11.8 Å². The highest BCUT2D eigenvalue weighted by atomic mass is 32.2. The Hall–Kier alpha value is -2.80. The van der Waals surface area contributed by atoms with Gasteiger partial charge in [-0.25, -0.2) is 8.42 Å². The number of fused-ring (bicyclic) bond motifs is 3. The van der Waals surface area contributed by atoms with E-state index in [0.717, 1.165) is 23.9 Å². The van der Waals surface area contributed by atoms with E-state index in [9.17, 15) is 13.2 Å². The lowest BCUT2D eigenvalue weighted by Crippen LogP contribution is -2.15. The van der Waals surface area contributed by atoms with Crippen LogP contribution in [0.5, 0.6) is 5.75 Å². The first kappa shape index (κ1) is 17.6. The Balaban J connectivity index is 1.81. The minimum absolute atomic E-state index is 0.115. The SMILES string of the molecule is COc1ccccc1NS(=O)(=O)c1cc2[nH]c3c(c2cc1C)C(=O)CCC3. The van der Waals surface area contributed by atoms with E-state index in [0.29, 0.717) is 34.5 Å². The van der Waals surface area contributed by atoms with E-state index in [1.165, 1.54) is 7.11 Å². The lowest BCUT2D eigenvalue weighted by atomic mass is 9.94. The van der Waals surface area contributed by atoms with Crippen molar-refractivity contribution in [3.05, 3.63) is 53.2 Å². The van der Waals surface area contributed by atoms with E-state index in [4.69, 9.17) is 4.74 Å². The number of anilines is 1. The number of aryl methyl sites for hydroxylation is 2. The Labute approximate surface area is 157 Å². The lowest BCUT2D eigenvalue weighted by molar-refractivity contribution is 0.0974. The van der Waals surface area contributed by atoms with Crippen molar-refractivity contribution in [2.45, 2.75) is 31.1 Å². The van der Waals surface area contributed by atoms with Crippen molar-refractivity contribution in [1.29, 1.82) is 0 Å². The van der Waals surface area contributed by atoms with Gasteiger partial charge in [0.1, 0.15) is 5.75 Å². The molecule has 4 rings (SSSR count). The van der Waals surface area contributed by atoms with Crippen LogP contribution >= 0.6 is 0 Å². The number of ketones is 1. The number of methoxy groups -OCH3 is 1. The highest BCUT2D eigenvalue weighted by molar-refractivity contribution is 7.92. The highest BCUT2D eigenvalue weighted by Crippen LogP contribution is 2.33. The second kappa shape index (κ2) is 6.42. The fourth-order valence-electron chi connectivity index (χ4n) is 3.66. The van der Waals surface area contributed by atoms with E-state index in [1.54, 1.807) is 43.3 Å². The van der Waals surface area contributed by atoms with Gasteiger partial charge < -0.3 is 9.72 Å². The first-order valence-electron chi connectivity index (χ1n) is 8.75. The largest absolute Gasteiger partial charge is 0.495 e. The van der Waals surface area contributed by atoms with Gasteiger partial charge in [-0.15, -0.1) is 0 Å². The topological polar surface area (TPSA) is 88.3 Å². The predicted octanol–water partition coefficient (Wildman–Crippen LogP) is 3.80. The number of ether oxygens (including phenoxy) is 1. The molecule has 0 spiro atoms. The van der Waals surface area contributed by atoms with Gasteiger partial charge in [0.25, 0.3) is 10.0 Å². The molecule has 1 heterocycles. The van der Waals surface area contributed by atoms with Crippen molar-refractivity contribution >= 4 is 32.4 Å². The molecule has 1 aromatic heterocycles. The first-order valence-corrected chi connectivity index (χ1v) is 10.2. The molecule has 1 aliphatic rings. The van der Waals surface area contributed by atoms with Gasteiger partial charge in [0, 0.05) is 28.6 Å². The summed E-state index contributed by atoms with van der Waals surface area (Å²) in [5, 5.41) is 0.795. The summed E-state index contributed by atoms with van der Waals surface area (Å²) in [6.07, 6.45) is 2.16. The maximum Gasteiger partial charge on any atom is 0.262 e. The van der Waals surface area contributed by atoms with Crippen LogP contribution in [0.2, 0.25) is 0 Å². The summed E-state index contributed by atoms with van der Waals surface area (Å²) in [5.41, 5.74) is 3.24. The number of aromatic amines is 1. The van der Waals surface area contributed by atoms with Crippen LogP contribution in [0.1, 0.15) is 34.5 Å². The van der Waals surface area contributed by atoms with Crippen LogP contribution < -0.4 is 9.46 Å². The summed E-state index contributed by atoms with van der Waals surface area (Å²) < 4.78 is 33.8. The molecule has 0 amide bonds. The Morgan fingerprint density at radius 2 is 1.93 bits per heavy atom. The summed E-state index contributed by atoms with van der Waals surface area (Å²) in [5.74, 6) is 0.561. The summed E-state index contributed by atoms with van der Waals surface area (Å²) in [6.45, 7) is 1.74. The zero-order chi connectivity index (χ0) is 19.2. The Morgan fingerprint density at radius 3 is 2.70 bits per heavy atom. The third-order valence-corrected chi connectivity index (χ3v) is 6.43. The molecule has 0 aliphatic heterocycles. The highest BCUT2D eigenvalue weighted by Gasteiger charge is 2.25. The van der Waals surface area contributed by atoms with Gasteiger partial charge in [-0.2, -0.15) is 0 Å². The first-order chi connectivity index (χ1) is 12.9. The normalized spacial score (nSPS) is 14.2. The molecule has 0 unspecified atom stereocenters. The van der Waals surface area contributed by atoms with E-state index in [2.05, 4.69) is 9.71 Å². The second-order valence-electron chi connectivity index (χ2n) is 6.72. The van der Waals surface area contributed by atoms with Gasteiger partial charge in [-0.3, -0.25) is 9.52 Å². The van der Waals surface area contributed by atoms with Crippen LogP contribution in [-0.2, 0) is 16.4 Å². The van der Waals surface area contributed by atoms with Crippen molar-refractivity contribution in [3.63, 3.8) is 0 Å². The number of rotatable bonds is 4. The molecule has 140 valence electrons. The maximum atomic E-state index is 13.0. The number of sulfonamides is 1. The molecular weight excluding hydrogens is 364 g/mol. The number of carbonyl (C=O) groups excluding carboxylic acids is 1. The number of aromatic nitrogens is 1. The predicted molar refractivity (Wildman–Crippen MR) is 104 cm³/mol. The molecule has 6 nitrogen and oxygen atoms in total. The van der Waals surface area contributed by atoms with Gasteiger partial charge >= 0.3 is 0 Å². The zero-order valence-electron chi connectivity index (χ0n) is 15.1. The number of benzene rings is 2. The molecule has 27 heavy (non-hydrogen) atoms. The van der Waals surface area contributed by atoms with Crippen molar-refractivity contribution < 1.29 is 17.9 Å². The summed E-state index contributed by atoms with van der Waals surface area (Å²) in [6, 6.07) is 10.2. The Bertz CT molecular complexity index is 1160. The van der Waals surface area contributed by atoms with Gasteiger partial charge in [-0.1, -0.05) is 12.1 Å². The van der Waals surface area contributed by atoms with Crippen molar-refractivity contribution in [2.24, 2.45) is 0 Å². The smallest absolute Gasteiger partial charge is 0.262 e. The van der Waals surface area contributed by atoms with E-state index < -0.39 is 10.0 Å². The van der Waals surface area contributed by atoms with Crippen molar-refractivity contribution in [3.8, 4) is 5.75 Å². The maximum absolute atomic E-state index is 13.0. The van der Waals surface area contributed by atoms with E-state index in [1.807, 2.05) is 0 Å². The number of para-hydroxylation sites is 2. The van der Waals surface area contributed by atoms with Gasteiger partial charge in [0.05, 0.1) is 17.7 Å². The molecule has 0 saturated heterocycles. The van der Waals surface area contributed by atoms with Gasteiger partial charge in [0.2, 0.25) is 0 Å². The average Bonchev–Trinajstić information content (AvgIpc) is 3.00. The minimum atomic E-state index is -3.82. The van der Waals surface area contributed by atoms with E-state index >= 15 is 0 Å². The molecule has 0 bridgehead atoms. The molecule has 7 heteroatoms. The van der Waals surface area contributed by atoms with Crippen LogP contribution in [0, 0.1) is 6.92 Å². The fourth-order valence-corrected chi connectivity index (χ4v) is 4.98. The molecular formula is C20H20N2O4S. The Kier molecular flexibility index (Phi) is 4.19. The number of nitrogens with one attached hydrogen (secondary N) is 2. The fraction of sp³-hybridized carbons (Fsp3) is 0.250. The lowest BCUT2D eigenvalue weighted by Gasteiger charge is -2.13. The average molecular weight is 384 g/mol. The number of hydrogen-bond acceptors (Lipinski definition) is 4. The summed E-state index contributed by atoms with van der Waals surface area (Å²) in [4.78, 5) is 15.7. The molecule has 3 aromatic rings. The van der Waals surface area contributed by atoms with Crippen LogP contribution in [0.3, 0.4) is 0 Å². The van der Waals surface area contributed by atoms with Crippen LogP contribution in [-0.4, -0.2) is 26.3 Å². The molecule has 2 N–H and O–H groups in total. The molecule has 1 aliphatic carbocycles. The quantitative estimate of drug-likeness (QED) is 0.716. The van der Waals surface area contributed by atoms with Gasteiger partial charge in [-0.05, 0) is 49.6 Å². The van der Waals surface area contributed by atoms with Crippen molar-refractivity contribution in [1.82, 2.24) is 4.98 Å². The molecule has 0 fully saturated rings. The van der Waals surface area contributed by atoms with Crippen LogP contribution in [0.4, 0.5) is 5.69 Å². The van der Waals surface area contributed by atoms with E-state index in [-0.39, 0.29) is 10.7 Å². The molecule has 2 aromatic carbocycles. The Morgan fingerprint density at radius 1 is 1.15 bits per heavy atom. The molecule has 0 atom stereocenters. The number of Topliss-reactive ketones (excluding diaryl/α,β-unsaturated/α-hetero) is 1. The number of H-pyrrole nitrogens is 1. The third-order valence-electron chi connectivity index (χ3n) is 4.92. The molecule has 0 radical (unpaired) electrons. The summed E-state index contributed by atoms with van der Waals surface area (Å²) >= 11 is 0. The van der Waals surface area contributed by atoms with Crippen LogP contribution in [0.15, 0.2) is 41.3 Å². The monoisotopic (exact) mass is 384 g/mol. The van der Waals surface area contributed by atoms with Gasteiger partial charge in [0.15, 0.2) is 5.78 Å². The molecule has 0 saturated carbocycles. The minimum Gasteiger partial charge on any atom is -0.495 e. The second-order valence-corrected chi connectivity index (χ2v) is 8.38. The zero-order valence-corrected chi connectivity index (χ0v) is 15.9. The standard InChI is InChI=1S/C20H20N2O4S/c1-12-10-13-16(21-15-7-5-8-17(23)20(13)15)11-19(12)27(24,25)22-14-6-3-4-9-18(14)26-2/h3-4,6,9-11,21-22H,5,7-8H2,1-2H3. The number of hydrogen-bond donors (Lipinski definition) is 2. The number of carbonyl (C=O) groups is 1. The van der Waals surface area contributed by atoms with Crippen LogP contribution in [0.25, 0.3) is 10.9 Å². The third kappa shape index (κ3) is 2.98.